The highest BCUT2D eigenvalue weighted by Gasteiger charge is 2.22. The predicted octanol–water partition coefficient (Wildman–Crippen LogP) is 4.38. The molecule has 0 aliphatic carbocycles. The molecule has 3 aromatic rings. The third kappa shape index (κ3) is 4.33. The second kappa shape index (κ2) is 8.12. The molecule has 0 fully saturated rings. The molecule has 0 aliphatic heterocycles. The lowest BCUT2D eigenvalue weighted by Gasteiger charge is -2.13. The van der Waals surface area contributed by atoms with Gasteiger partial charge in [-0.05, 0) is 41.1 Å². The zero-order valence-electron chi connectivity index (χ0n) is 15.4. The van der Waals surface area contributed by atoms with Crippen molar-refractivity contribution in [1.29, 1.82) is 0 Å². The Balaban J connectivity index is 1.83. The van der Waals surface area contributed by atoms with E-state index in [1.54, 1.807) is 12.1 Å². The van der Waals surface area contributed by atoms with Gasteiger partial charge in [-0.3, -0.25) is 10.1 Å². The summed E-state index contributed by atoms with van der Waals surface area (Å²) in [5.74, 6) is -0.424. The lowest BCUT2D eigenvalue weighted by molar-refractivity contribution is 0.102. The Labute approximate surface area is 176 Å². The van der Waals surface area contributed by atoms with Crippen LogP contribution in [0.2, 0.25) is 0 Å². The van der Waals surface area contributed by atoms with Crippen molar-refractivity contribution in [2.24, 2.45) is 0 Å². The Morgan fingerprint density at radius 2 is 1.82 bits per heavy atom. The second-order valence-electron chi connectivity index (χ2n) is 6.29. The van der Waals surface area contributed by atoms with Gasteiger partial charge in [0.25, 0.3) is 5.91 Å². The maximum Gasteiger partial charge on any atom is 0.257 e. The van der Waals surface area contributed by atoms with E-state index in [0.29, 0.717) is 9.60 Å². The maximum atomic E-state index is 12.6. The van der Waals surface area contributed by atoms with E-state index in [-0.39, 0.29) is 10.5 Å². The monoisotopic (exact) mass is 479 g/mol. The summed E-state index contributed by atoms with van der Waals surface area (Å²) in [7, 11) is -0.796. The molecule has 28 heavy (non-hydrogen) atoms. The number of carbonyl (C=O) groups is 1. The van der Waals surface area contributed by atoms with Crippen LogP contribution in [0.15, 0.2) is 57.2 Å². The molecule has 0 aliphatic rings. The fourth-order valence-corrected chi connectivity index (χ4v) is 4.96. The molecule has 146 valence electrons. The molecule has 1 N–H and O–H groups in total. The predicted molar refractivity (Wildman–Crippen MR) is 115 cm³/mol. The average molecular weight is 480 g/mol. The van der Waals surface area contributed by atoms with Gasteiger partial charge >= 0.3 is 0 Å². The highest BCUT2D eigenvalue weighted by molar-refractivity contribution is 9.10. The number of carbonyl (C=O) groups excluding carboxylic acids is 1. The molecule has 3 rings (SSSR count). The summed E-state index contributed by atoms with van der Waals surface area (Å²) in [5.41, 5.74) is 3.12. The van der Waals surface area contributed by atoms with Crippen molar-refractivity contribution in [3.8, 4) is 11.3 Å². The Hall–Kier alpha value is -2.07. The lowest BCUT2D eigenvalue weighted by atomic mass is 10.1. The lowest BCUT2D eigenvalue weighted by Crippen LogP contribution is -2.23. The first kappa shape index (κ1) is 20.7. The van der Waals surface area contributed by atoms with Crippen LogP contribution in [0.1, 0.15) is 15.9 Å². The van der Waals surface area contributed by atoms with E-state index < -0.39 is 15.9 Å². The largest absolute Gasteiger partial charge is 0.298 e. The third-order valence-electron chi connectivity index (χ3n) is 4.02. The van der Waals surface area contributed by atoms with Crippen molar-refractivity contribution >= 4 is 48.3 Å². The van der Waals surface area contributed by atoms with Crippen molar-refractivity contribution in [2.45, 2.75) is 11.8 Å². The van der Waals surface area contributed by atoms with Crippen LogP contribution < -0.4 is 5.32 Å². The number of thiazole rings is 1. The molecular formula is C19H18BrN3O3S2. The number of amides is 1. The van der Waals surface area contributed by atoms with E-state index in [9.17, 15) is 13.2 Å². The van der Waals surface area contributed by atoms with E-state index in [1.165, 1.54) is 31.5 Å². The zero-order chi connectivity index (χ0) is 20.5. The molecule has 0 saturated carbocycles. The van der Waals surface area contributed by atoms with Gasteiger partial charge in [0.05, 0.1) is 10.6 Å². The van der Waals surface area contributed by atoms with E-state index in [4.69, 9.17) is 0 Å². The van der Waals surface area contributed by atoms with Gasteiger partial charge in [-0.1, -0.05) is 29.8 Å². The van der Waals surface area contributed by atoms with Gasteiger partial charge in [0.1, 0.15) is 0 Å². The van der Waals surface area contributed by atoms with Crippen LogP contribution in [-0.4, -0.2) is 37.7 Å². The van der Waals surface area contributed by atoms with Crippen molar-refractivity contribution in [1.82, 2.24) is 9.29 Å². The summed E-state index contributed by atoms with van der Waals surface area (Å²) in [4.78, 5) is 17.1. The van der Waals surface area contributed by atoms with Gasteiger partial charge < -0.3 is 0 Å². The van der Waals surface area contributed by atoms with Crippen LogP contribution in [0.4, 0.5) is 5.13 Å². The number of nitrogens with zero attached hydrogens (tertiary/aromatic N) is 2. The van der Waals surface area contributed by atoms with Crippen LogP contribution in [-0.2, 0) is 10.0 Å². The molecule has 0 bridgehead atoms. The van der Waals surface area contributed by atoms with E-state index in [1.807, 2.05) is 36.6 Å². The maximum absolute atomic E-state index is 12.6. The Morgan fingerprint density at radius 1 is 1.14 bits per heavy atom. The number of aromatic nitrogens is 1. The molecule has 6 nitrogen and oxygen atoms in total. The zero-order valence-corrected chi connectivity index (χ0v) is 18.7. The summed E-state index contributed by atoms with van der Waals surface area (Å²) < 4.78 is 26.3. The van der Waals surface area contributed by atoms with Gasteiger partial charge in [0.2, 0.25) is 10.0 Å². The average Bonchev–Trinajstić information content (AvgIpc) is 3.10. The summed E-state index contributed by atoms with van der Waals surface area (Å²) in [6.45, 7) is 2.01. The molecular weight excluding hydrogens is 462 g/mol. The molecule has 0 spiro atoms. The molecule has 0 atom stereocenters. The summed E-state index contributed by atoms with van der Waals surface area (Å²) in [6.07, 6.45) is 0. The minimum atomic E-state index is -3.68. The first-order chi connectivity index (χ1) is 13.2. The van der Waals surface area contributed by atoms with E-state index in [0.717, 1.165) is 21.1 Å². The number of hydrogen-bond donors (Lipinski definition) is 1. The number of rotatable bonds is 5. The van der Waals surface area contributed by atoms with Crippen molar-refractivity contribution in [3.05, 3.63) is 63.4 Å². The first-order valence-corrected chi connectivity index (χ1v) is 11.4. The Kier molecular flexibility index (Phi) is 5.99. The third-order valence-corrected chi connectivity index (χ3v) is 7.59. The van der Waals surface area contributed by atoms with E-state index in [2.05, 4.69) is 26.2 Å². The minimum absolute atomic E-state index is 0.0321. The second-order valence-corrected chi connectivity index (χ2v) is 10.1. The van der Waals surface area contributed by atoms with Crippen LogP contribution >= 0.6 is 27.3 Å². The number of sulfonamides is 1. The van der Waals surface area contributed by atoms with E-state index >= 15 is 0 Å². The highest BCUT2D eigenvalue weighted by Crippen LogP contribution is 2.27. The summed E-state index contributed by atoms with van der Waals surface area (Å²) >= 11 is 4.55. The smallest absolute Gasteiger partial charge is 0.257 e. The molecule has 0 unspecified atom stereocenters. The standard InChI is InChI=1S/C19H18BrN3O3S2/c1-12-4-6-13(7-5-12)16-11-27-19(21-16)22-18(24)14-8-9-15(20)17(10-14)28(25,26)23(2)3/h4-11H,1-3H3,(H,21,22,24). The van der Waals surface area contributed by atoms with Gasteiger partial charge in [-0.2, -0.15) is 0 Å². The van der Waals surface area contributed by atoms with Gasteiger partial charge in [-0.25, -0.2) is 17.7 Å². The summed E-state index contributed by atoms with van der Waals surface area (Å²) in [6, 6.07) is 12.4. The number of aryl methyl sites for hydroxylation is 1. The SMILES string of the molecule is Cc1ccc(-c2csc(NC(=O)c3ccc(Br)c(S(=O)(=O)N(C)C)c3)n2)cc1. The van der Waals surface area contributed by atoms with Crippen LogP contribution in [0, 0.1) is 6.92 Å². The highest BCUT2D eigenvalue weighted by atomic mass is 79.9. The first-order valence-electron chi connectivity index (χ1n) is 8.24. The number of halogens is 1. The fraction of sp³-hybridized carbons (Fsp3) is 0.158. The number of nitrogens with one attached hydrogen (secondary N) is 1. The van der Waals surface area contributed by atoms with Gasteiger partial charge in [0.15, 0.2) is 5.13 Å². The van der Waals surface area contributed by atoms with Crippen LogP contribution in [0.5, 0.6) is 0 Å². The van der Waals surface area contributed by atoms with Gasteiger partial charge in [-0.15, -0.1) is 11.3 Å². The van der Waals surface area contributed by atoms with Crippen LogP contribution in [0.3, 0.4) is 0 Å². The molecule has 1 heterocycles. The number of anilines is 1. The molecule has 0 radical (unpaired) electrons. The van der Waals surface area contributed by atoms with Crippen molar-refractivity contribution in [2.75, 3.05) is 19.4 Å². The molecule has 1 amide bonds. The summed E-state index contributed by atoms with van der Waals surface area (Å²) in [5, 5.41) is 5.04. The molecule has 9 heteroatoms. The quantitative estimate of drug-likeness (QED) is 0.588. The number of benzene rings is 2. The molecule has 2 aromatic carbocycles. The van der Waals surface area contributed by atoms with Crippen molar-refractivity contribution < 1.29 is 13.2 Å². The Morgan fingerprint density at radius 3 is 2.46 bits per heavy atom. The molecule has 0 saturated heterocycles. The Bertz CT molecular complexity index is 1120. The minimum Gasteiger partial charge on any atom is -0.298 e. The normalized spacial score (nSPS) is 11.6. The fourth-order valence-electron chi connectivity index (χ4n) is 2.40. The van der Waals surface area contributed by atoms with Crippen molar-refractivity contribution in [3.63, 3.8) is 0 Å². The topological polar surface area (TPSA) is 79.4 Å². The van der Waals surface area contributed by atoms with Crippen LogP contribution in [0.25, 0.3) is 11.3 Å². The number of hydrogen-bond acceptors (Lipinski definition) is 5. The van der Waals surface area contributed by atoms with Gasteiger partial charge in [0, 0.05) is 35.1 Å². The molecule has 1 aromatic heterocycles.